The van der Waals surface area contributed by atoms with Gasteiger partial charge in [-0.25, -0.2) is 9.59 Å². The molecule has 1 fully saturated rings. The van der Waals surface area contributed by atoms with E-state index in [-0.39, 0.29) is 23.1 Å². The van der Waals surface area contributed by atoms with Gasteiger partial charge in [0.1, 0.15) is 0 Å². The first-order chi connectivity index (χ1) is 10.1. The van der Waals surface area contributed by atoms with E-state index in [9.17, 15) is 14.4 Å². The van der Waals surface area contributed by atoms with Crippen molar-refractivity contribution in [2.24, 2.45) is 5.92 Å². The van der Waals surface area contributed by atoms with Crippen LogP contribution in [0.25, 0.3) is 11.0 Å². The van der Waals surface area contributed by atoms with E-state index in [1.54, 1.807) is 6.07 Å². The highest BCUT2D eigenvalue weighted by Crippen LogP contribution is 2.28. The number of rotatable bonds is 5. The fraction of sp³-hybridized carbons (Fsp3) is 0.357. The Hall–Kier alpha value is -2.57. The van der Waals surface area contributed by atoms with Crippen LogP contribution in [0.1, 0.15) is 23.2 Å². The maximum absolute atomic E-state index is 11.9. The zero-order valence-electron chi connectivity index (χ0n) is 11.3. The van der Waals surface area contributed by atoms with E-state index in [1.165, 1.54) is 16.7 Å². The Kier molecular flexibility index (Phi) is 3.25. The quantitative estimate of drug-likeness (QED) is 0.747. The van der Waals surface area contributed by atoms with Crippen LogP contribution in [0.3, 0.4) is 0 Å². The number of hydrogen-bond acceptors (Lipinski definition) is 3. The number of aromatic amines is 1. The molecule has 0 saturated heterocycles. The second-order valence-corrected chi connectivity index (χ2v) is 5.18. The highest BCUT2D eigenvalue weighted by molar-refractivity contribution is 5.92. The molecule has 0 spiro atoms. The minimum absolute atomic E-state index is 0.0223. The third-order valence-electron chi connectivity index (χ3n) is 3.61. The Morgan fingerprint density at radius 2 is 2.14 bits per heavy atom. The lowest BCUT2D eigenvalue weighted by Gasteiger charge is -2.06. The van der Waals surface area contributed by atoms with Gasteiger partial charge < -0.3 is 15.4 Å². The first kappa shape index (κ1) is 13.4. The summed E-state index contributed by atoms with van der Waals surface area (Å²) in [6.07, 6.45) is 1.86. The molecule has 0 atom stereocenters. The number of H-pyrrole nitrogens is 1. The first-order valence-electron chi connectivity index (χ1n) is 6.80. The Bertz CT molecular complexity index is 770. The van der Waals surface area contributed by atoms with Gasteiger partial charge in [-0.3, -0.25) is 9.36 Å². The molecule has 0 aliphatic heterocycles. The second-order valence-electron chi connectivity index (χ2n) is 5.18. The molecule has 0 unspecified atom stereocenters. The zero-order valence-corrected chi connectivity index (χ0v) is 11.3. The summed E-state index contributed by atoms with van der Waals surface area (Å²) in [7, 11) is 0. The lowest BCUT2D eigenvalue weighted by Crippen LogP contribution is -2.30. The minimum Gasteiger partial charge on any atom is -0.478 e. The van der Waals surface area contributed by atoms with E-state index >= 15 is 0 Å². The van der Waals surface area contributed by atoms with Crippen molar-refractivity contribution in [3.05, 3.63) is 34.2 Å². The predicted octanol–water partition coefficient (Wildman–Crippen LogP) is 0.554. The monoisotopic (exact) mass is 289 g/mol. The molecule has 0 bridgehead atoms. The van der Waals surface area contributed by atoms with Gasteiger partial charge in [0.25, 0.3) is 0 Å². The third-order valence-corrected chi connectivity index (χ3v) is 3.61. The number of fused-ring (bicyclic) bond motifs is 1. The number of nitrogens with zero attached hydrogens (tertiary/aromatic N) is 1. The molecule has 21 heavy (non-hydrogen) atoms. The summed E-state index contributed by atoms with van der Waals surface area (Å²) in [5.41, 5.74) is 0.921. The third kappa shape index (κ3) is 2.67. The van der Waals surface area contributed by atoms with Crippen LogP contribution < -0.4 is 11.0 Å². The number of hydrogen-bond donors (Lipinski definition) is 3. The fourth-order valence-electron chi connectivity index (χ4n) is 2.29. The van der Waals surface area contributed by atoms with E-state index < -0.39 is 5.97 Å². The molecule has 1 aromatic carbocycles. The van der Waals surface area contributed by atoms with Gasteiger partial charge in [0.05, 0.1) is 16.6 Å². The number of nitrogens with one attached hydrogen (secondary N) is 2. The lowest BCUT2D eigenvalue weighted by molar-refractivity contribution is -0.122. The molecule has 7 heteroatoms. The zero-order chi connectivity index (χ0) is 15.0. The van der Waals surface area contributed by atoms with Crippen molar-refractivity contribution < 1.29 is 14.7 Å². The Labute approximate surface area is 119 Å². The number of carboxylic acid groups (broad SMARTS) is 1. The highest BCUT2D eigenvalue weighted by atomic mass is 16.4. The average molecular weight is 289 g/mol. The van der Waals surface area contributed by atoms with Crippen LogP contribution in [-0.4, -0.2) is 33.1 Å². The molecule has 1 aliphatic carbocycles. The van der Waals surface area contributed by atoms with Crippen LogP contribution >= 0.6 is 0 Å². The number of benzene rings is 1. The normalized spacial score (nSPS) is 14.3. The fourth-order valence-corrected chi connectivity index (χ4v) is 2.29. The SMILES string of the molecule is O=C(O)c1ccc2[nH]c(=O)n(CCNC(=O)C3CC3)c2c1. The minimum atomic E-state index is -1.04. The summed E-state index contributed by atoms with van der Waals surface area (Å²) in [6.45, 7) is 0.653. The largest absolute Gasteiger partial charge is 0.478 e. The number of carboxylic acids is 1. The van der Waals surface area contributed by atoms with Crippen LogP contribution in [0.4, 0.5) is 0 Å². The van der Waals surface area contributed by atoms with Crippen molar-refractivity contribution in [1.29, 1.82) is 0 Å². The average Bonchev–Trinajstić information content (AvgIpc) is 3.24. The standard InChI is InChI=1S/C14H15N3O4/c18-12(8-1-2-8)15-5-6-17-11-7-9(13(19)20)3-4-10(11)16-14(17)21/h3-4,7-8H,1-2,5-6H2,(H,15,18)(H,16,21)(H,19,20). The Balaban J connectivity index is 1.81. The summed E-state index contributed by atoms with van der Waals surface area (Å²) >= 11 is 0. The highest BCUT2D eigenvalue weighted by Gasteiger charge is 2.29. The molecular formula is C14H15N3O4. The molecule has 3 N–H and O–H groups in total. The van der Waals surface area contributed by atoms with Gasteiger partial charge in [-0.2, -0.15) is 0 Å². The predicted molar refractivity (Wildman–Crippen MR) is 75.3 cm³/mol. The van der Waals surface area contributed by atoms with Crippen molar-refractivity contribution in [3.63, 3.8) is 0 Å². The van der Waals surface area contributed by atoms with Gasteiger partial charge >= 0.3 is 11.7 Å². The second kappa shape index (κ2) is 5.08. The summed E-state index contributed by atoms with van der Waals surface area (Å²) in [5, 5.41) is 11.8. The van der Waals surface area contributed by atoms with Gasteiger partial charge in [-0.05, 0) is 31.0 Å². The van der Waals surface area contributed by atoms with Crippen molar-refractivity contribution in [1.82, 2.24) is 14.9 Å². The van der Waals surface area contributed by atoms with E-state index in [1.807, 2.05) is 0 Å². The molecule has 1 aliphatic rings. The van der Waals surface area contributed by atoms with Gasteiger partial charge in [0.15, 0.2) is 0 Å². The molecule has 110 valence electrons. The van der Waals surface area contributed by atoms with E-state index in [2.05, 4.69) is 10.3 Å². The smallest absolute Gasteiger partial charge is 0.335 e. The molecular weight excluding hydrogens is 274 g/mol. The molecule has 1 amide bonds. The van der Waals surface area contributed by atoms with Gasteiger partial charge in [-0.15, -0.1) is 0 Å². The van der Waals surface area contributed by atoms with Crippen molar-refractivity contribution >= 4 is 22.9 Å². The van der Waals surface area contributed by atoms with Crippen LogP contribution in [0.5, 0.6) is 0 Å². The van der Waals surface area contributed by atoms with Crippen LogP contribution in [0.15, 0.2) is 23.0 Å². The molecule has 2 aromatic rings. The number of carbonyl (C=O) groups excluding carboxylic acids is 1. The van der Waals surface area contributed by atoms with Gasteiger partial charge in [-0.1, -0.05) is 0 Å². The number of aromatic nitrogens is 2. The molecule has 1 saturated carbocycles. The maximum Gasteiger partial charge on any atom is 0.335 e. The number of carbonyl (C=O) groups is 2. The molecule has 7 nitrogen and oxygen atoms in total. The first-order valence-corrected chi connectivity index (χ1v) is 6.80. The molecule has 0 radical (unpaired) electrons. The summed E-state index contributed by atoms with van der Waals surface area (Å²) in [6, 6.07) is 4.47. The van der Waals surface area contributed by atoms with E-state index in [4.69, 9.17) is 5.11 Å². The summed E-state index contributed by atoms with van der Waals surface area (Å²) in [4.78, 5) is 37.1. The van der Waals surface area contributed by atoms with Crippen molar-refractivity contribution in [2.75, 3.05) is 6.54 Å². The van der Waals surface area contributed by atoms with Crippen molar-refractivity contribution in [3.8, 4) is 0 Å². The molecule has 3 rings (SSSR count). The van der Waals surface area contributed by atoms with Gasteiger partial charge in [0, 0.05) is 19.0 Å². The van der Waals surface area contributed by atoms with Crippen LogP contribution in [-0.2, 0) is 11.3 Å². The molecule has 1 heterocycles. The van der Waals surface area contributed by atoms with Crippen molar-refractivity contribution in [2.45, 2.75) is 19.4 Å². The maximum atomic E-state index is 11.9. The topological polar surface area (TPSA) is 104 Å². The van der Waals surface area contributed by atoms with Crippen LogP contribution in [0, 0.1) is 5.92 Å². The summed E-state index contributed by atoms with van der Waals surface area (Å²) < 4.78 is 1.44. The Morgan fingerprint density at radius 3 is 2.81 bits per heavy atom. The Morgan fingerprint density at radius 1 is 1.38 bits per heavy atom. The number of aromatic carboxylic acids is 1. The van der Waals surface area contributed by atoms with Gasteiger partial charge in [0.2, 0.25) is 5.91 Å². The van der Waals surface area contributed by atoms with Crippen LogP contribution in [0.2, 0.25) is 0 Å². The number of imidazole rings is 1. The number of amides is 1. The lowest BCUT2D eigenvalue weighted by atomic mass is 10.2. The summed E-state index contributed by atoms with van der Waals surface area (Å²) in [5.74, 6) is -0.892. The molecule has 1 aromatic heterocycles. The van der Waals surface area contributed by atoms with E-state index in [0.717, 1.165) is 12.8 Å². The van der Waals surface area contributed by atoms with E-state index in [0.29, 0.717) is 24.1 Å².